The molecule has 2 atom stereocenters. The number of piperidine rings is 1. The molecule has 132 valence electrons. The fraction of sp³-hybridized carbons (Fsp3) is 0.389. The van der Waals surface area contributed by atoms with Gasteiger partial charge in [-0.25, -0.2) is 9.97 Å². The molecule has 1 saturated heterocycles. The van der Waals surface area contributed by atoms with Crippen LogP contribution in [0, 0.1) is 5.41 Å². The van der Waals surface area contributed by atoms with Crippen LogP contribution in [0.4, 0.5) is 11.6 Å². The molecule has 1 aromatic carbocycles. The Bertz CT molecular complexity index is 740. The van der Waals surface area contributed by atoms with Crippen LogP contribution in [0.2, 0.25) is 0 Å². The van der Waals surface area contributed by atoms with E-state index in [4.69, 9.17) is 0 Å². The van der Waals surface area contributed by atoms with E-state index in [2.05, 4.69) is 15.3 Å². The first-order valence-corrected chi connectivity index (χ1v) is 8.26. The average molecular weight is 342 g/mol. The molecule has 1 aromatic heterocycles. The fourth-order valence-electron chi connectivity index (χ4n) is 3.40. The second-order valence-corrected chi connectivity index (χ2v) is 6.31. The lowest BCUT2D eigenvalue weighted by Gasteiger charge is -2.43. The highest BCUT2D eigenvalue weighted by Gasteiger charge is 2.49. The lowest BCUT2D eigenvalue weighted by atomic mass is 9.71. The molecule has 1 aliphatic rings. The first-order chi connectivity index (χ1) is 12.1. The van der Waals surface area contributed by atoms with Crippen molar-refractivity contribution in [2.75, 3.05) is 30.4 Å². The van der Waals surface area contributed by atoms with Crippen molar-refractivity contribution in [3.63, 3.8) is 0 Å². The fourth-order valence-corrected chi connectivity index (χ4v) is 3.40. The van der Waals surface area contributed by atoms with Crippen LogP contribution < -0.4 is 10.2 Å². The van der Waals surface area contributed by atoms with Crippen LogP contribution >= 0.6 is 0 Å². The number of aliphatic hydroxyl groups excluding tert-OH is 1. The summed E-state index contributed by atoms with van der Waals surface area (Å²) in [6, 6.07) is 9.44. The van der Waals surface area contributed by atoms with E-state index in [0.29, 0.717) is 31.0 Å². The molecule has 7 nitrogen and oxygen atoms in total. The zero-order valence-corrected chi connectivity index (χ0v) is 14.1. The van der Waals surface area contributed by atoms with Gasteiger partial charge in [-0.1, -0.05) is 30.3 Å². The molecule has 0 saturated carbocycles. The number of carboxylic acid groups (broad SMARTS) is 1. The molecular weight excluding hydrogens is 320 g/mol. The molecule has 1 fully saturated rings. The minimum atomic E-state index is -1.19. The van der Waals surface area contributed by atoms with Gasteiger partial charge in [-0.2, -0.15) is 0 Å². The highest BCUT2D eigenvalue weighted by Crippen LogP contribution is 2.38. The minimum Gasteiger partial charge on any atom is -0.481 e. The maximum atomic E-state index is 12.0. The lowest BCUT2D eigenvalue weighted by molar-refractivity contribution is -0.158. The molecule has 3 N–H and O–H groups in total. The van der Waals surface area contributed by atoms with E-state index in [1.807, 2.05) is 35.2 Å². The number of rotatable bonds is 5. The summed E-state index contributed by atoms with van der Waals surface area (Å²) in [4.78, 5) is 22.5. The van der Waals surface area contributed by atoms with Crippen LogP contribution in [0.25, 0.3) is 0 Å². The molecule has 3 rings (SSSR count). The Morgan fingerprint density at radius 3 is 2.68 bits per heavy atom. The average Bonchev–Trinajstić information content (AvgIpc) is 2.64. The Hall–Kier alpha value is -2.67. The Kier molecular flexibility index (Phi) is 4.85. The van der Waals surface area contributed by atoms with Crippen molar-refractivity contribution < 1.29 is 15.0 Å². The second-order valence-electron chi connectivity index (χ2n) is 6.31. The van der Waals surface area contributed by atoms with Gasteiger partial charge in [0.15, 0.2) is 11.6 Å². The number of nitrogens with zero attached hydrogens (tertiary/aromatic N) is 3. The van der Waals surface area contributed by atoms with E-state index < -0.39 is 17.5 Å². The molecule has 0 spiro atoms. The van der Waals surface area contributed by atoms with Gasteiger partial charge in [0.1, 0.15) is 5.41 Å². The summed E-state index contributed by atoms with van der Waals surface area (Å²) in [5, 5.41) is 23.6. The maximum absolute atomic E-state index is 12.0. The predicted molar refractivity (Wildman–Crippen MR) is 94.6 cm³/mol. The SMILES string of the molecule is CNc1nccnc1N1CC[C@](Cc2ccccc2)(C(=O)O)[C@H](O)C1. The number of hydrogen-bond acceptors (Lipinski definition) is 6. The van der Waals surface area contributed by atoms with E-state index in [1.54, 1.807) is 19.4 Å². The second kappa shape index (κ2) is 7.06. The van der Waals surface area contributed by atoms with E-state index >= 15 is 0 Å². The number of carboxylic acids is 1. The number of benzene rings is 1. The van der Waals surface area contributed by atoms with E-state index in [9.17, 15) is 15.0 Å². The first-order valence-electron chi connectivity index (χ1n) is 8.26. The van der Waals surface area contributed by atoms with Gasteiger partial charge in [-0.15, -0.1) is 0 Å². The maximum Gasteiger partial charge on any atom is 0.312 e. The van der Waals surface area contributed by atoms with Gasteiger partial charge in [0.2, 0.25) is 0 Å². The summed E-state index contributed by atoms with van der Waals surface area (Å²) in [6.07, 6.45) is 2.80. The quantitative estimate of drug-likeness (QED) is 0.755. The van der Waals surface area contributed by atoms with Crippen LogP contribution in [0.15, 0.2) is 42.7 Å². The van der Waals surface area contributed by atoms with Gasteiger partial charge < -0.3 is 20.4 Å². The van der Waals surface area contributed by atoms with Gasteiger partial charge in [0, 0.05) is 32.5 Å². The number of carbonyl (C=O) groups is 1. The number of anilines is 2. The van der Waals surface area contributed by atoms with Gasteiger partial charge in [0.25, 0.3) is 0 Å². The number of aliphatic hydroxyl groups is 1. The standard InChI is InChI=1S/C18H22N4O3/c1-19-15-16(21-9-8-20-15)22-10-7-18(17(24)25,14(23)12-22)11-13-5-3-2-4-6-13/h2-6,8-9,14,23H,7,10-12H2,1H3,(H,19,20)(H,24,25)/t14-,18-/m1/s1. The van der Waals surface area contributed by atoms with E-state index in [0.717, 1.165) is 5.56 Å². The van der Waals surface area contributed by atoms with Crippen molar-refractivity contribution in [1.29, 1.82) is 0 Å². The van der Waals surface area contributed by atoms with Crippen LogP contribution in [0.5, 0.6) is 0 Å². The Morgan fingerprint density at radius 2 is 2.04 bits per heavy atom. The lowest BCUT2D eigenvalue weighted by Crippen LogP contribution is -2.56. The van der Waals surface area contributed by atoms with Crippen LogP contribution in [0.1, 0.15) is 12.0 Å². The van der Waals surface area contributed by atoms with E-state index in [-0.39, 0.29) is 6.54 Å². The van der Waals surface area contributed by atoms with Crippen molar-refractivity contribution in [2.24, 2.45) is 5.41 Å². The zero-order chi connectivity index (χ0) is 17.9. The third-order valence-corrected chi connectivity index (χ3v) is 4.86. The van der Waals surface area contributed by atoms with Gasteiger partial charge in [0.05, 0.1) is 6.10 Å². The molecule has 0 radical (unpaired) electrons. The largest absolute Gasteiger partial charge is 0.481 e. The van der Waals surface area contributed by atoms with Gasteiger partial charge in [-0.3, -0.25) is 4.79 Å². The monoisotopic (exact) mass is 342 g/mol. The predicted octanol–water partition coefficient (Wildman–Crippen LogP) is 1.40. The number of nitrogens with one attached hydrogen (secondary N) is 1. The normalized spacial score (nSPS) is 23.3. The number of β-amino-alcohol motifs (C(OH)–C–C–N with tert-alkyl or cyclic N) is 1. The Balaban J connectivity index is 1.84. The third kappa shape index (κ3) is 3.28. The van der Waals surface area contributed by atoms with Crippen LogP contribution in [-0.2, 0) is 11.2 Å². The summed E-state index contributed by atoms with van der Waals surface area (Å²) in [7, 11) is 1.75. The van der Waals surface area contributed by atoms with Crippen molar-refractivity contribution in [3.05, 3.63) is 48.3 Å². The van der Waals surface area contributed by atoms with Crippen molar-refractivity contribution in [2.45, 2.75) is 18.9 Å². The smallest absolute Gasteiger partial charge is 0.312 e. The summed E-state index contributed by atoms with van der Waals surface area (Å²) in [5.41, 5.74) is -0.285. The molecule has 0 amide bonds. The molecule has 2 aromatic rings. The highest BCUT2D eigenvalue weighted by atomic mass is 16.4. The van der Waals surface area contributed by atoms with Crippen molar-refractivity contribution in [3.8, 4) is 0 Å². The first kappa shape index (κ1) is 17.2. The van der Waals surface area contributed by atoms with Crippen LogP contribution in [-0.4, -0.2) is 52.4 Å². The molecular formula is C18H22N4O3. The summed E-state index contributed by atoms with van der Waals surface area (Å²) >= 11 is 0. The highest BCUT2D eigenvalue weighted by molar-refractivity contribution is 5.77. The molecule has 25 heavy (non-hydrogen) atoms. The minimum absolute atomic E-state index is 0.201. The van der Waals surface area contributed by atoms with Gasteiger partial charge in [-0.05, 0) is 18.4 Å². The molecule has 0 unspecified atom stereocenters. The molecule has 0 aliphatic carbocycles. The Labute approximate surface area is 146 Å². The number of hydrogen-bond donors (Lipinski definition) is 3. The molecule has 2 heterocycles. The molecule has 0 bridgehead atoms. The van der Waals surface area contributed by atoms with E-state index in [1.165, 1.54) is 0 Å². The molecule has 7 heteroatoms. The topological polar surface area (TPSA) is 98.6 Å². The third-order valence-electron chi connectivity index (χ3n) is 4.86. The zero-order valence-electron chi connectivity index (χ0n) is 14.1. The van der Waals surface area contributed by atoms with Crippen LogP contribution in [0.3, 0.4) is 0 Å². The molecule has 1 aliphatic heterocycles. The van der Waals surface area contributed by atoms with Gasteiger partial charge >= 0.3 is 5.97 Å². The summed E-state index contributed by atoms with van der Waals surface area (Å²) in [6.45, 7) is 0.691. The number of aromatic nitrogens is 2. The summed E-state index contributed by atoms with van der Waals surface area (Å²) in [5.74, 6) is 0.278. The summed E-state index contributed by atoms with van der Waals surface area (Å²) < 4.78 is 0. The van der Waals surface area contributed by atoms with Crippen molar-refractivity contribution in [1.82, 2.24) is 9.97 Å². The number of aliphatic carboxylic acids is 1. The Morgan fingerprint density at radius 1 is 1.32 bits per heavy atom. The van der Waals surface area contributed by atoms with Crippen molar-refractivity contribution >= 4 is 17.6 Å².